The Morgan fingerprint density at radius 2 is 1.97 bits per heavy atom. The molecule has 0 aromatic heterocycles. The van der Waals surface area contributed by atoms with Gasteiger partial charge in [-0.3, -0.25) is 9.69 Å². The number of hydrazone groups is 1. The standard InChI is InChI=1S/C24H30ClFN4O2/c1-3-30(4-2)21-8-6-18(23(31)14-21)15-27-28-24(32)17-9-11-29(12-10-17)16-19-5-7-20(26)13-22(19)25/h5-8,13-15,17,31H,3-4,9-12,16H2,1-2H3,(H,28,32). The molecule has 3 rings (SSSR count). The van der Waals surface area contributed by atoms with E-state index in [0.29, 0.717) is 30.0 Å². The van der Waals surface area contributed by atoms with Crippen molar-refractivity contribution in [3.63, 3.8) is 0 Å². The number of aromatic hydroxyl groups is 1. The van der Waals surface area contributed by atoms with E-state index in [-0.39, 0.29) is 23.4 Å². The average Bonchev–Trinajstić information content (AvgIpc) is 2.78. The fourth-order valence-electron chi connectivity index (χ4n) is 3.93. The molecule has 0 bridgehead atoms. The third-order valence-corrected chi connectivity index (χ3v) is 6.24. The van der Waals surface area contributed by atoms with Crippen LogP contribution in [-0.2, 0) is 11.3 Å². The van der Waals surface area contributed by atoms with E-state index in [1.54, 1.807) is 18.2 Å². The Morgan fingerprint density at radius 3 is 2.59 bits per heavy atom. The van der Waals surface area contributed by atoms with Crippen LogP contribution in [-0.4, -0.2) is 48.3 Å². The molecule has 0 unspecified atom stereocenters. The summed E-state index contributed by atoms with van der Waals surface area (Å²) >= 11 is 6.12. The van der Waals surface area contributed by atoms with E-state index in [1.807, 2.05) is 6.07 Å². The Morgan fingerprint density at radius 1 is 1.25 bits per heavy atom. The second-order valence-electron chi connectivity index (χ2n) is 7.94. The van der Waals surface area contributed by atoms with Gasteiger partial charge in [0.2, 0.25) is 5.91 Å². The van der Waals surface area contributed by atoms with Crippen molar-refractivity contribution in [1.82, 2.24) is 10.3 Å². The largest absolute Gasteiger partial charge is 0.507 e. The Balaban J connectivity index is 1.48. The molecule has 0 radical (unpaired) electrons. The summed E-state index contributed by atoms with van der Waals surface area (Å²) in [4.78, 5) is 16.8. The molecule has 1 aliphatic rings. The van der Waals surface area contributed by atoms with E-state index < -0.39 is 0 Å². The minimum absolute atomic E-state index is 0.120. The van der Waals surface area contributed by atoms with E-state index in [9.17, 15) is 14.3 Å². The summed E-state index contributed by atoms with van der Waals surface area (Å²) in [5, 5.41) is 14.7. The first-order valence-electron chi connectivity index (χ1n) is 11.0. The number of benzene rings is 2. The first-order chi connectivity index (χ1) is 15.4. The number of amides is 1. The van der Waals surface area contributed by atoms with Crippen LogP contribution in [0.15, 0.2) is 41.5 Å². The second kappa shape index (κ2) is 11.3. The minimum atomic E-state index is -0.345. The van der Waals surface area contributed by atoms with Crippen LogP contribution in [0.4, 0.5) is 10.1 Å². The van der Waals surface area contributed by atoms with Crippen molar-refractivity contribution in [3.05, 3.63) is 58.4 Å². The summed E-state index contributed by atoms with van der Waals surface area (Å²) < 4.78 is 13.2. The number of carbonyl (C=O) groups is 1. The van der Waals surface area contributed by atoms with Crippen LogP contribution in [0.3, 0.4) is 0 Å². The van der Waals surface area contributed by atoms with Crippen LogP contribution >= 0.6 is 11.6 Å². The number of rotatable bonds is 8. The van der Waals surface area contributed by atoms with E-state index >= 15 is 0 Å². The Bertz CT molecular complexity index is 957. The van der Waals surface area contributed by atoms with Crippen LogP contribution in [0.25, 0.3) is 0 Å². The Labute approximate surface area is 193 Å². The number of phenols is 1. The van der Waals surface area contributed by atoms with Crippen LogP contribution in [0.1, 0.15) is 37.8 Å². The Kier molecular flexibility index (Phi) is 8.47. The van der Waals surface area contributed by atoms with Gasteiger partial charge in [-0.15, -0.1) is 0 Å². The predicted octanol–water partition coefficient (Wildman–Crippen LogP) is 4.39. The summed E-state index contributed by atoms with van der Waals surface area (Å²) in [6.45, 7) is 7.98. The highest BCUT2D eigenvalue weighted by Gasteiger charge is 2.25. The molecule has 172 valence electrons. The molecule has 1 amide bonds. The SMILES string of the molecule is CCN(CC)c1ccc(C=NNC(=O)C2CCN(Cc3ccc(F)cc3Cl)CC2)c(O)c1. The summed E-state index contributed by atoms with van der Waals surface area (Å²) in [5.74, 6) is -0.464. The van der Waals surface area contributed by atoms with E-state index in [0.717, 1.165) is 37.4 Å². The van der Waals surface area contributed by atoms with Crippen molar-refractivity contribution in [3.8, 4) is 5.75 Å². The molecule has 0 aliphatic carbocycles. The summed E-state index contributed by atoms with van der Waals surface area (Å²) in [6, 6.07) is 9.86. The number of nitrogens with zero attached hydrogens (tertiary/aromatic N) is 3. The average molecular weight is 461 g/mol. The lowest BCUT2D eigenvalue weighted by molar-refractivity contribution is -0.126. The van der Waals surface area contributed by atoms with Gasteiger partial charge in [0, 0.05) is 47.9 Å². The molecule has 1 aliphatic heterocycles. The third-order valence-electron chi connectivity index (χ3n) is 5.89. The lowest BCUT2D eigenvalue weighted by atomic mass is 9.96. The van der Waals surface area contributed by atoms with Gasteiger partial charge in [0.25, 0.3) is 0 Å². The van der Waals surface area contributed by atoms with Gasteiger partial charge in [0.1, 0.15) is 11.6 Å². The van der Waals surface area contributed by atoms with Gasteiger partial charge in [-0.05, 0) is 69.6 Å². The van der Waals surface area contributed by atoms with Crippen molar-refractivity contribution >= 4 is 29.4 Å². The van der Waals surface area contributed by atoms with Crippen LogP contribution in [0, 0.1) is 11.7 Å². The molecule has 8 heteroatoms. The van der Waals surface area contributed by atoms with Crippen molar-refractivity contribution in [2.45, 2.75) is 33.2 Å². The number of halogens is 2. The van der Waals surface area contributed by atoms with Crippen molar-refractivity contribution in [2.24, 2.45) is 11.0 Å². The van der Waals surface area contributed by atoms with E-state index in [2.05, 4.69) is 34.2 Å². The lowest BCUT2D eigenvalue weighted by Crippen LogP contribution is -2.39. The topological polar surface area (TPSA) is 68.2 Å². The van der Waals surface area contributed by atoms with E-state index in [4.69, 9.17) is 11.6 Å². The number of likely N-dealkylation sites (tertiary alicyclic amines) is 1. The molecule has 0 spiro atoms. The maximum Gasteiger partial charge on any atom is 0.243 e. The molecule has 0 atom stereocenters. The van der Waals surface area contributed by atoms with Gasteiger partial charge >= 0.3 is 0 Å². The first-order valence-corrected chi connectivity index (χ1v) is 11.4. The molecule has 32 heavy (non-hydrogen) atoms. The summed E-state index contributed by atoms with van der Waals surface area (Å²) in [5.41, 5.74) is 4.97. The van der Waals surface area contributed by atoms with Gasteiger partial charge in [-0.1, -0.05) is 17.7 Å². The molecule has 1 fully saturated rings. The van der Waals surface area contributed by atoms with Gasteiger partial charge < -0.3 is 10.0 Å². The molecular formula is C24H30ClFN4O2. The zero-order valence-electron chi connectivity index (χ0n) is 18.5. The molecule has 1 heterocycles. The van der Waals surface area contributed by atoms with Gasteiger partial charge in [0.05, 0.1) is 6.21 Å². The molecule has 2 aromatic rings. The highest BCUT2D eigenvalue weighted by Crippen LogP contribution is 2.25. The predicted molar refractivity (Wildman–Crippen MR) is 127 cm³/mol. The normalized spacial score (nSPS) is 15.2. The maximum absolute atomic E-state index is 13.2. The van der Waals surface area contributed by atoms with Crippen LogP contribution in [0.2, 0.25) is 5.02 Å². The monoisotopic (exact) mass is 460 g/mol. The number of nitrogens with one attached hydrogen (secondary N) is 1. The zero-order valence-corrected chi connectivity index (χ0v) is 19.3. The molecule has 0 saturated carbocycles. The summed E-state index contributed by atoms with van der Waals surface area (Å²) in [7, 11) is 0. The number of carbonyl (C=O) groups excluding carboxylic acids is 1. The van der Waals surface area contributed by atoms with Crippen molar-refractivity contribution < 1.29 is 14.3 Å². The van der Waals surface area contributed by atoms with Gasteiger partial charge in [-0.2, -0.15) is 5.10 Å². The number of hydrogen-bond acceptors (Lipinski definition) is 5. The number of anilines is 1. The van der Waals surface area contributed by atoms with Crippen molar-refractivity contribution in [1.29, 1.82) is 0 Å². The van der Waals surface area contributed by atoms with Gasteiger partial charge in [0.15, 0.2) is 0 Å². The number of hydrogen-bond donors (Lipinski definition) is 2. The van der Waals surface area contributed by atoms with Gasteiger partial charge in [-0.25, -0.2) is 9.82 Å². The Hall–Kier alpha value is -2.64. The molecule has 6 nitrogen and oxygen atoms in total. The molecular weight excluding hydrogens is 431 g/mol. The maximum atomic E-state index is 13.2. The lowest BCUT2D eigenvalue weighted by Gasteiger charge is -2.31. The number of piperidine rings is 1. The van der Waals surface area contributed by atoms with Crippen LogP contribution < -0.4 is 10.3 Å². The number of phenolic OH excluding ortho intramolecular Hbond substituents is 1. The quantitative estimate of drug-likeness (QED) is 0.452. The van der Waals surface area contributed by atoms with E-state index in [1.165, 1.54) is 18.3 Å². The summed E-state index contributed by atoms with van der Waals surface area (Å²) in [6.07, 6.45) is 2.89. The smallest absolute Gasteiger partial charge is 0.243 e. The first kappa shape index (κ1) is 24.0. The third kappa shape index (κ3) is 6.20. The minimum Gasteiger partial charge on any atom is -0.507 e. The fourth-order valence-corrected chi connectivity index (χ4v) is 4.15. The van der Waals surface area contributed by atoms with Crippen molar-refractivity contribution in [2.75, 3.05) is 31.1 Å². The fraction of sp³-hybridized carbons (Fsp3) is 0.417. The zero-order chi connectivity index (χ0) is 23.1. The molecule has 2 N–H and O–H groups in total. The molecule has 1 saturated heterocycles. The highest BCUT2D eigenvalue weighted by molar-refractivity contribution is 6.31. The molecule has 2 aromatic carbocycles. The second-order valence-corrected chi connectivity index (χ2v) is 8.34. The highest BCUT2D eigenvalue weighted by atomic mass is 35.5. The van der Waals surface area contributed by atoms with Crippen LogP contribution in [0.5, 0.6) is 5.75 Å².